The van der Waals surface area contributed by atoms with Gasteiger partial charge in [0.25, 0.3) is 0 Å². The van der Waals surface area contributed by atoms with Crippen LogP contribution in [-0.2, 0) is 50.0 Å². The van der Waals surface area contributed by atoms with Crippen molar-refractivity contribution in [3.63, 3.8) is 0 Å². The van der Waals surface area contributed by atoms with Crippen molar-refractivity contribution < 1.29 is 35.9 Å². The number of halogens is 3. The van der Waals surface area contributed by atoms with Crippen LogP contribution in [0.2, 0.25) is 0 Å². The Hall–Kier alpha value is -2.17. The number of hydrogen-bond acceptors (Lipinski definition) is 8. The maximum absolute atomic E-state index is 14.0. The van der Waals surface area contributed by atoms with E-state index in [1.165, 1.54) is 16.4 Å². The number of thioether (sulfide) groups is 1. The predicted octanol–water partition coefficient (Wildman–Crippen LogP) is 2.56. The fourth-order valence-electron chi connectivity index (χ4n) is 5.50. The zero-order valence-electron chi connectivity index (χ0n) is 23.6. The van der Waals surface area contributed by atoms with Crippen LogP contribution >= 0.6 is 11.8 Å². The van der Waals surface area contributed by atoms with Gasteiger partial charge in [-0.25, -0.2) is 8.42 Å². The van der Waals surface area contributed by atoms with Crippen LogP contribution in [0.1, 0.15) is 23.2 Å². The number of nitrogens with zero attached hydrogens (tertiary/aromatic N) is 5. The molecule has 2 saturated heterocycles. The quantitative estimate of drug-likeness (QED) is 0.390. The van der Waals surface area contributed by atoms with E-state index in [4.69, 9.17) is 14.6 Å². The Balaban J connectivity index is 1.43. The Morgan fingerprint density at radius 3 is 2.38 bits per heavy atom. The van der Waals surface area contributed by atoms with E-state index in [2.05, 4.69) is 4.90 Å². The summed E-state index contributed by atoms with van der Waals surface area (Å²) < 4.78 is 80.7. The molecule has 4 heterocycles. The van der Waals surface area contributed by atoms with Gasteiger partial charge in [-0.2, -0.15) is 22.6 Å². The van der Waals surface area contributed by atoms with E-state index in [0.717, 1.165) is 55.8 Å². The molecule has 42 heavy (non-hydrogen) atoms. The van der Waals surface area contributed by atoms with Gasteiger partial charge in [0.15, 0.2) is 0 Å². The third-order valence-electron chi connectivity index (χ3n) is 7.79. The molecule has 0 bridgehead atoms. The van der Waals surface area contributed by atoms with Crippen LogP contribution < -0.4 is 0 Å². The molecule has 0 aliphatic carbocycles. The molecule has 232 valence electrons. The Labute approximate surface area is 248 Å². The van der Waals surface area contributed by atoms with E-state index in [0.29, 0.717) is 75.8 Å². The summed E-state index contributed by atoms with van der Waals surface area (Å²) in [5.41, 5.74) is 1.73. The summed E-state index contributed by atoms with van der Waals surface area (Å²) in [7, 11) is -3.48. The standard InChI is InChI=1S/C27H36F3N5O5S2/c1-42(37,38)34-8-5-23-21(18-34)26(31-35(23)7-2-6-32-9-13-39-14-10-32)20-3-4-22(27(28,29)30)24(17-20)41-19-25(36)33-11-15-40-16-12-33/h3-4,17H,2,5-16,18-19H2,1H3. The minimum atomic E-state index is -4.60. The monoisotopic (exact) mass is 631 g/mol. The second-order valence-corrected chi connectivity index (χ2v) is 13.6. The van der Waals surface area contributed by atoms with Gasteiger partial charge >= 0.3 is 6.18 Å². The van der Waals surface area contributed by atoms with Crippen LogP contribution in [0.5, 0.6) is 0 Å². The molecule has 15 heteroatoms. The summed E-state index contributed by atoms with van der Waals surface area (Å²) >= 11 is 0.855. The maximum Gasteiger partial charge on any atom is 0.417 e. The number of ether oxygens (including phenoxy) is 2. The zero-order valence-corrected chi connectivity index (χ0v) is 25.2. The summed E-state index contributed by atoms with van der Waals surface area (Å²) in [5, 5.41) is 4.84. The minimum Gasteiger partial charge on any atom is -0.379 e. The molecule has 2 fully saturated rings. The molecule has 0 spiro atoms. The van der Waals surface area contributed by atoms with Crippen LogP contribution in [0.3, 0.4) is 0 Å². The highest BCUT2D eigenvalue weighted by Gasteiger charge is 2.35. The third kappa shape index (κ3) is 7.48. The first-order valence-corrected chi connectivity index (χ1v) is 16.9. The topological polar surface area (TPSA) is 97.2 Å². The summed E-state index contributed by atoms with van der Waals surface area (Å²) in [4.78, 5) is 16.6. The lowest BCUT2D eigenvalue weighted by Gasteiger charge is -2.27. The van der Waals surface area contributed by atoms with Crippen molar-refractivity contribution in [1.29, 1.82) is 0 Å². The molecule has 3 aliphatic rings. The molecule has 10 nitrogen and oxygen atoms in total. The van der Waals surface area contributed by atoms with Crippen molar-refractivity contribution in [1.82, 2.24) is 23.9 Å². The number of benzene rings is 1. The number of morpholine rings is 2. The first-order valence-electron chi connectivity index (χ1n) is 14.0. The van der Waals surface area contributed by atoms with Crippen molar-refractivity contribution in [2.45, 2.75) is 37.0 Å². The molecule has 0 N–H and O–H groups in total. The van der Waals surface area contributed by atoms with E-state index in [1.54, 1.807) is 4.90 Å². The number of carbonyl (C=O) groups is 1. The van der Waals surface area contributed by atoms with Gasteiger partial charge in [-0.05, 0) is 18.6 Å². The van der Waals surface area contributed by atoms with Crippen molar-refractivity contribution in [3.8, 4) is 11.3 Å². The normalized spacial score (nSPS) is 19.2. The van der Waals surface area contributed by atoms with E-state index < -0.39 is 21.8 Å². The van der Waals surface area contributed by atoms with Crippen molar-refractivity contribution in [2.24, 2.45) is 0 Å². The number of hydrogen-bond donors (Lipinski definition) is 0. The molecular formula is C27H36F3N5O5S2. The fraction of sp³-hybridized carbons (Fsp3) is 0.630. The van der Waals surface area contributed by atoms with Gasteiger partial charge in [0.1, 0.15) is 0 Å². The van der Waals surface area contributed by atoms with Gasteiger partial charge in [0.05, 0.1) is 49.7 Å². The Kier molecular flexibility index (Phi) is 9.84. The van der Waals surface area contributed by atoms with Crippen LogP contribution in [0.15, 0.2) is 23.1 Å². The molecule has 1 amide bonds. The highest BCUT2D eigenvalue weighted by atomic mass is 32.2. The van der Waals surface area contributed by atoms with Crippen LogP contribution in [0.25, 0.3) is 11.3 Å². The molecule has 1 aromatic heterocycles. The average Bonchev–Trinajstić information content (AvgIpc) is 3.33. The number of alkyl halides is 3. The van der Waals surface area contributed by atoms with Crippen LogP contribution in [0.4, 0.5) is 13.2 Å². The lowest BCUT2D eigenvalue weighted by atomic mass is 10.0. The number of amides is 1. The molecule has 5 rings (SSSR count). The molecule has 3 aliphatic heterocycles. The van der Waals surface area contributed by atoms with E-state index in [1.807, 2.05) is 4.68 Å². The smallest absolute Gasteiger partial charge is 0.379 e. The molecule has 0 radical (unpaired) electrons. The molecule has 0 atom stereocenters. The minimum absolute atomic E-state index is 0.0620. The molecule has 2 aromatic rings. The van der Waals surface area contributed by atoms with E-state index in [9.17, 15) is 26.4 Å². The number of rotatable bonds is 9. The summed E-state index contributed by atoms with van der Waals surface area (Å²) in [6, 6.07) is 3.84. The van der Waals surface area contributed by atoms with Gasteiger partial charge in [0.2, 0.25) is 15.9 Å². The molecule has 1 aromatic carbocycles. The summed E-state index contributed by atoms with van der Waals surface area (Å²) in [6.07, 6.45) is -2.17. The fourth-order valence-corrected chi connectivity index (χ4v) is 7.30. The van der Waals surface area contributed by atoms with Gasteiger partial charge in [-0.3, -0.25) is 14.4 Å². The Morgan fingerprint density at radius 2 is 1.71 bits per heavy atom. The SMILES string of the molecule is CS(=O)(=O)N1CCc2c(c(-c3ccc(C(F)(F)F)c(SCC(=O)N4CCOCC4)c3)nn2CCCN2CCOCC2)C1. The van der Waals surface area contributed by atoms with Crippen LogP contribution in [0, 0.1) is 0 Å². The Morgan fingerprint density at radius 1 is 1.02 bits per heavy atom. The molecular weight excluding hydrogens is 595 g/mol. The van der Waals surface area contributed by atoms with Crippen LogP contribution in [-0.4, -0.2) is 116 Å². The van der Waals surface area contributed by atoms with Crippen molar-refractivity contribution >= 4 is 27.7 Å². The number of aryl methyl sites for hydroxylation is 1. The van der Waals surface area contributed by atoms with Gasteiger partial charge in [-0.15, -0.1) is 11.8 Å². The second kappa shape index (κ2) is 13.2. The first kappa shape index (κ1) is 31.3. The zero-order chi connectivity index (χ0) is 29.9. The van der Waals surface area contributed by atoms with Crippen molar-refractivity contribution in [3.05, 3.63) is 35.0 Å². The number of sulfonamides is 1. The summed E-state index contributed by atoms with van der Waals surface area (Å²) in [6.45, 7) is 6.67. The van der Waals surface area contributed by atoms with Gasteiger partial charge in [-0.1, -0.05) is 6.07 Å². The highest BCUT2D eigenvalue weighted by molar-refractivity contribution is 8.00. The predicted molar refractivity (Wildman–Crippen MR) is 152 cm³/mol. The average molecular weight is 632 g/mol. The second-order valence-electron chi connectivity index (χ2n) is 10.6. The molecule has 0 saturated carbocycles. The van der Waals surface area contributed by atoms with E-state index >= 15 is 0 Å². The molecule has 0 unspecified atom stereocenters. The first-order chi connectivity index (χ1) is 20.0. The van der Waals surface area contributed by atoms with Gasteiger partial charge in [0, 0.05) is 80.5 Å². The lowest BCUT2D eigenvalue weighted by Crippen LogP contribution is -2.41. The van der Waals surface area contributed by atoms with Crippen molar-refractivity contribution in [2.75, 3.05) is 77.7 Å². The summed E-state index contributed by atoms with van der Waals surface area (Å²) in [5.74, 6) is -0.379. The lowest BCUT2D eigenvalue weighted by molar-refractivity contribution is -0.139. The number of fused-ring (bicyclic) bond motifs is 1. The number of carbonyl (C=O) groups excluding carboxylic acids is 1. The third-order valence-corrected chi connectivity index (χ3v) is 10.1. The largest absolute Gasteiger partial charge is 0.417 e. The highest BCUT2D eigenvalue weighted by Crippen LogP contribution is 2.40. The maximum atomic E-state index is 14.0. The number of aromatic nitrogens is 2. The van der Waals surface area contributed by atoms with Gasteiger partial charge < -0.3 is 14.4 Å². The van der Waals surface area contributed by atoms with E-state index in [-0.39, 0.29) is 23.1 Å². The Bertz CT molecular complexity index is 1370.